The second-order valence-electron chi connectivity index (χ2n) is 6.80. The van der Waals surface area contributed by atoms with Crippen molar-refractivity contribution in [2.75, 3.05) is 25.0 Å². The second kappa shape index (κ2) is 7.42. The summed E-state index contributed by atoms with van der Waals surface area (Å²) in [5.74, 6) is -0.0287. The number of anilines is 1. The molecule has 1 saturated heterocycles. The Bertz CT molecular complexity index is 687. The van der Waals surface area contributed by atoms with E-state index < -0.39 is 0 Å². The van der Waals surface area contributed by atoms with Crippen LogP contribution in [0.2, 0.25) is 0 Å². The van der Waals surface area contributed by atoms with E-state index in [9.17, 15) is 4.79 Å². The number of thiazole rings is 1. The Labute approximate surface area is 146 Å². The van der Waals surface area contributed by atoms with Gasteiger partial charge in [-0.1, -0.05) is 25.1 Å². The van der Waals surface area contributed by atoms with Crippen molar-refractivity contribution in [1.82, 2.24) is 9.88 Å². The van der Waals surface area contributed by atoms with Gasteiger partial charge in [0.15, 0.2) is 0 Å². The Morgan fingerprint density at radius 3 is 2.92 bits per heavy atom. The van der Waals surface area contributed by atoms with Crippen LogP contribution in [0.1, 0.15) is 24.0 Å². The molecule has 1 atom stereocenters. The first-order chi connectivity index (χ1) is 11.6. The Morgan fingerprint density at radius 1 is 1.42 bits per heavy atom. The lowest BCUT2D eigenvalue weighted by Crippen LogP contribution is -2.31. The van der Waals surface area contributed by atoms with Crippen molar-refractivity contribution in [3.8, 4) is 0 Å². The van der Waals surface area contributed by atoms with E-state index in [0.717, 1.165) is 49.0 Å². The average molecular weight is 344 g/mol. The van der Waals surface area contributed by atoms with Gasteiger partial charge < -0.3 is 11.1 Å². The maximum atomic E-state index is 12.1. The van der Waals surface area contributed by atoms with Crippen molar-refractivity contribution in [3.63, 3.8) is 0 Å². The Morgan fingerprint density at radius 2 is 2.21 bits per heavy atom. The van der Waals surface area contributed by atoms with Crippen LogP contribution in [0.15, 0.2) is 35.7 Å². The Balaban J connectivity index is 1.51. The largest absolute Gasteiger partial charge is 0.330 e. The molecule has 1 aromatic carbocycles. The molecule has 1 aliphatic rings. The van der Waals surface area contributed by atoms with Crippen molar-refractivity contribution in [1.29, 1.82) is 0 Å². The predicted octanol–water partition coefficient (Wildman–Crippen LogP) is 2.50. The van der Waals surface area contributed by atoms with Gasteiger partial charge in [-0.3, -0.25) is 9.69 Å². The molecule has 1 fully saturated rings. The van der Waals surface area contributed by atoms with Gasteiger partial charge in [-0.2, -0.15) is 0 Å². The number of nitrogens with one attached hydrogen (secondary N) is 1. The fourth-order valence-electron chi connectivity index (χ4n) is 3.02. The summed E-state index contributed by atoms with van der Waals surface area (Å²) >= 11 is 1.55. The van der Waals surface area contributed by atoms with Crippen LogP contribution in [0.3, 0.4) is 0 Å². The highest BCUT2D eigenvalue weighted by Gasteiger charge is 2.32. The molecule has 0 radical (unpaired) electrons. The molecule has 3 rings (SSSR count). The number of carbonyl (C=O) groups is 1. The summed E-state index contributed by atoms with van der Waals surface area (Å²) in [5, 5.41) is 5.81. The third-order valence-corrected chi connectivity index (χ3v) is 5.38. The lowest BCUT2D eigenvalue weighted by molar-refractivity contribution is -0.115. The van der Waals surface area contributed by atoms with Crippen LogP contribution in [-0.2, 0) is 17.8 Å². The van der Waals surface area contributed by atoms with Crippen molar-refractivity contribution >= 4 is 22.9 Å². The van der Waals surface area contributed by atoms with Gasteiger partial charge in [-0.25, -0.2) is 4.98 Å². The lowest BCUT2D eigenvalue weighted by atomic mass is 9.90. The van der Waals surface area contributed by atoms with Crippen molar-refractivity contribution in [2.24, 2.45) is 11.1 Å². The van der Waals surface area contributed by atoms with Crippen LogP contribution in [0.25, 0.3) is 0 Å². The number of aromatic nitrogens is 1. The molecule has 0 saturated carbocycles. The highest BCUT2D eigenvalue weighted by atomic mass is 32.1. The predicted molar refractivity (Wildman–Crippen MR) is 97.9 cm³/mol. The summed E-state index contributed by atoms with van der Waals surface area (Å²) in [4.78, 5) is 19.1. The van der Waals surface area contributed by atoms with E-state index in [2.05, 4.69) is 27.5 Å². The number of nitrogens with zero attached hydrogens (tertiary/aromatic N) is 2. The molecule has 1 unspecified atom stereocenters. The molecule has 0 spiro atoms. The van der Waals surface area contributed by atoms with Gasteiger partial charge in [-0.05, 0) is 37.1 Å². The normalized spacial score (nSPS) is 21.1. The topological polar surface area (TPSA) is 71.2 Å². The molecule has 3 N–H and O–H groups in total. The molecule has 1 amide bonds. The smallest absolute Gasteiger partial charge is 0.231 e. The van der Waals surface area contributed by atoms with Crippen molar-refractivity contribution in [2.45, 2.75) is 26.3 Å². The summed E-state index contributed by atoms with van der Waals surface area (Å²) in [5.41, 5.74) is 7.95. The number of hydrogen-bond donors (Lipinski definition) is 2. The SMILES string of the molecule is CC1(CN)CCN(Cc2csc(CC(=O)Nc3ccccc3)n2)C1. The number of para-hydroxylation sites is 1. The highest BCUT2D eigenvalue weighted by Crippen LogP contribution is 2.29. The fraction of sp³-hybridized carbons (Fsp3) is 0.444. The molecule has 1 aliphatic heterocycles. The molecule has 2 aromatic rings. The van der Waals surface area contributed by atoms with Gasteiger partial charge in [0.2, 0.25) is 5.91 Å². The van der Waals surface area contributed by atoms with Crippen LogP contribution in [-0.4, -0.2) is 35.4 Å². The molecule has 5 nitrogen and oxygen atoms in total. The summed E-state index contributed by atoms with van der Waals surface area (Å²) in [6.07, 6.45) is 1.46. The monoisotopic (exact) mass is 344 g/mol. The zero-order valence-electron chi connectivity index (χ0n) is 14.0. The van der Waals surface area contributed by atoms with Crippen molar-refractivity contribution in [3.05, 3.63) is 46.4 Å². The standard InChI is InChI=1S/C18H24N4OS/c1-18(12-19)7-8-22(13-18)10-15-11-24-17(21-15)9-16(23)20-14-5-3-2-4-6-14/h2-6,11H,7-10,12-13,19H2,1H3,(H,20,23). The number of rotatable bonds is 6. The van der Waals surface area contributed by atoms with Gasteiger partial charge >= 0.3 is 0 Å². The van der Waals surface area contributed by atoms with Crippen LogP contribution < -0.4 is 11.1 Å². The van der Waals surface area contributed by atoms with E-state index in [4.69, 9.17) is 5.73 Å². The van der Waals surface area contributed by atoms with Gasteiger partial charge in [-0.15, -0.1) is 11.3 Å². The molecule has 24 heavy (non-hydrogen) atoms. The molecular weight excluding hydrogens is 320 g/mol. The zero-order valence-corrected chi connectivity index (χ0v) is 14.8. The van der Waals surface area contributed by atoms with Gasteiger partial charge in [0.25, 0.3) is 0 Å². The summed E-state index contributed by atoms with van der Waals surface area (Å²) < 4.78 is 0. The maximum absolute atomic E-state index is 12.1. The van der Waals surface area contributed by atoms with E-state index in [1.807, 2.05) is 30.3 Å². The second-order valence-corrected chi connectivity index (χ2v) is 7.74. The zero-order chi connectivity index (χ0) is 17.0. The van der Waals surface area contributed by atoms with Gasteiger partial charge in [0.1, 0.15) is 5.01 Å². The summed E-state index contributed by atoms with van der Waals surface area (Å²) in [7, 11) is 0. The highest BCUT2D eigenvalue weighted by molar-refractivity contribution is 7.09. The van der Waals surface area contributed by atoms with Crippen LogP contribution >= 0.6 is 11.3 Å². The minimum Gasteiger partial charge on any atom is -0.330 e. The quantitative estimate of drug-likeness (QED) is 0.845. The fourth-order valence-corrected chi connectivity index (χ4v) is 3.81. The lowest BCUT2D eigenvalue weighted by Gasteiger charge is -2.22. The van der Waals surface area contributed by atoms with Crippen LogP contribution in [0.4, 0.5) is 5.69 Å². The number of hydrogen-bond acceptors (Lipinski definition) is 5. The Kier molecular flexibility index (Phi) is 5.28. The minimum atomic E-state index is -0.0287. The molecule has 0 aliphatic carbocycles. The number of likely N-dealkylation sites (tertiary alicyclic amines) is 1. The molecule has 128 valence electrons. The molecular formula is C18H24N4OS. The first-order valence-corrected chi connectivity index (χ1v) is 9.15. The van der Waals surface area contributed by atoms with E-state index in [-0.39, 0.29) is 11.3 Å². The van der Waals surface area contributed by atoms with Gasteiger partial charge in [0.05, 0.1) is 12.1 Å². The average Bonchev–Trinajstić information content (AvgIpc) is 3.16. The third-order valence-electron chi connectivity index (χ3n) is 4.48. The maximum Gasteiger partial charge on any atom is 0.231 e. The van der Waals surface area contributed by atoms with E-state index in [0.29, 0.717) is 6.42 Å². The number of carbonyl (C=O) groups excluding carboxylic acids is 1. The molecule has 6 heteroatoms. The van der Waals surface area contributed by atoms with Crippen molar-refractivity contribution < 1.29 is 4.79 Å². The minimum absolute atomic E-state index is 0.0287. The summed E-state index contributed by atoms with van der Waals surface area (Å²) in [6, 6.07) is 9.50. The number of benzene rings is 1. The third kappa shape index (κ3) is 4.41. The van der Waals surface area contributed by atoms with Crippen LogP contribution in [0.5, 0.6) is 0 Å². The van der Waals surface area contributed by atoms with E-state index in [1.165, 1.54) is 0 Å². The Hall–Kier alpha value is -1.76. The number of nitrogens with two attached hydrogens (primary N) is 1. The summed E-state index contributed by atoms with van der Waals surface area (Å²) in [6.45, 7) is 5.89. The molecule has 1 aromatic heterocycles. The van der Waals surface area contributed by atoms with Crippen LogP contribution in [0, 0.1) is 5.41 Å². The first-order valence-electron chi connectivity index (χ1n) is 8.27. The van der Waals surface area contributed by atoms with Gasteiger partial charge in [0, 0.05) is 24.2 Å². The first kappa shape index (κ1) is 17.1. The number of amides is 1. The van der Waals surface area contributed by atoms with E-state index in [1.54, 1.807) is 11.3 Å². The molecule has 2 heterocycles. The molecule has 0 bridgehead atoms. The van der Waals surface area contributed by atoms with E-state index >= 15 is 0 Å².